The second-order valence-corrected chi connectivity index (χ2v) is 6.60. The fraction of sp³-hybridized carbons (Fsp3) is 0.647. The molecule has 0 spiro atoms. The summed E-state index contributed by atoms with van der Waals surface area (Å²) < 4.78 is 5.42. The maximum atomic E-state index is 11.0. The van der Waals surface area contributed by atoms with Crippen molar-refractivity contribution in [1.29, 1.82) is 0 Å². The summed E-state index contributed by atoms with van der Waals surface area (Å²) in [6, 6.07) is 5.48. The molecule has 6 heteroatoms. The van der Waals surface area contributed by atoms with Crippen molar-refractivity contribution >= 4 is 11.4 Å². The Labute approximate surface area is 137 Å². The lowest BCUT2D eigenvalue weighted by molar-refractivity contribution is -0.385. The van der Waals surface area contributed by atoms with Crippen molar-refractivity contribution in [3.8, 4) is 0 Å². The van der Waals surface area contributed by atoms with E-state index in [4.69, 9.17) is 4.74 Å². The molecule has 2 heterocycles. The van der Waals surface area contributed by atoms with Gasteiger partial charge in [-0.1, -0.05) is 0 Å². The molecule has 3 rings (SSSR count). The van der Waals surface area contributed by atoms with Crippen molar-refractivity contribution < 1.29 is 9.66 Å². The van der Waals surface area contributed by atoms with Crippen LogP contribution in [-0.2, 0) is 4.74 Å². The molecule has 0 aliphatic carbocycles. The molecule has 23 heavy (non-hydrogen) atoms. The topological polar surface area (TPSA) is 58.8 Å². The Morgan fingerprint density at radius 2 is 2.09 bits per heavy atom. The van der Waals surface area contributed by atoms with Gasteiger partial charge in [-0.3, -0.25) is 15.0 Å². The van der Waals surface area contributed by atoms with Gasteiger partial charge in [-0.05, 0) is 37.8 Å². The number of nitro groups is 1. The number of anilines is 1. The van der Waals surface area contributed by atoms with Crippen LogP contribution in [0.2, 0.25) is 0 Å². The summed E-state index contributed by atoms with van der Waals surface area (Å²) in [5.74, 6) is 0.664. The van der Waals surface area contributed by atoms with Gasteiger partial charge in [0.15, 0.2) is 0 Å². The van der Waals surface area contributed by atoms with Crippen LogP contribution >= 0.6 is 0 Å². The minimum Gasteiger partial charge on any atom is -0.379 e. The highest BCUT2D eigenvalue weighted by molar-refractivity contribution is 5.55. The molecule has 0 aromatic heterocycles. The van der Waals surface area contributed by atoms with E-state index in [9.17, 15) is 10.1 Å². The molecule has 2 saturated heterocycles. The zero-order chi connectivity index (χ0) is 16.2. The van der Waals surface area contributed by atoms with Crippen molar-refractivity contribution in [2.45, 2.75) is 19.8 Å². The molecular formula is C17H25N3O3. The number of aryl methyl sites for hydroxylation is 1. The van der Waals surface area contributed by atoms with Gasteiger partial charge in [0, 0.05) is 50.0 Å². The van der Waals surface area contributed by atoms with E-state index in [0.717, 1.165) is 57.2 Å². The summed E-state index contributed by atoms with van der Waals surface area (Å²) >= 11 is 0. The second-order valence-electron chi connectivity index (χ2n) is 6.60. The van der Waals surface area contributed by atoms with E-state index in [1.807, 2.05) is 19.1 Å². The standard InChI is InChI=1S/C17H25N3O3/c1-14-11-16(4-5-17(14)20(21)22)19-6-2-3-15(13-19)12-18-7-9-23-10-8-18/h4-5,11,15H,2-3,6-10,12-13H2,1H3/t15-/m0/s1. The second kappa shape index (κ2) is 7.27. The van der Waals surface area contributed by atoms with Crippen LogP contribution in [-0.4, -0.2) is 55.8 Å². The van der Waals surface area contributed by atoms with Crippen LogP contribution in [0.25, 0.3) is 0 Å². The van der Waals surface area contributed by atoms with Crippen LogP contribution in [0.5, 0.6) is 0 Å². The number of nitrogens with zero attached hydrogens (tertiary/aromatic N) is 3. The lowest BCUT2D eigenvalue weighted by Crippen LogP contribution is -2.44. The number of morpholine rings is 1. The summed E-state index contributed by atoms with van der Waals surface area (Å²) in [7, 11) is 0. The van der Waals surface area contributed by atoms with Crippen LogP contribution in [0.3, 0.4) is 0 Å². The smallest absolute Gasteiger partial charge is 0.272 e. The number of rotatable bonds is 4. The number of nitro benzene ring substituents is 1. The van der Waals surface area contributed by atoms with Crippen LogP contribution in [0.15, 0.2) is 18.2 Å². The molecule has 2 aliphatic rings. The van der Waals surface area contributed by atoms with Crippen molar-refractivity contribution in [3.63, 3.8) is 0 Å². The molecule has 126 valence electrons. The minimum atomic E-state index is -0.309. The maximum absolute atomic E-state index is 11.0. The molecule has 2 fully saturated rings. The molecule has 0 bridgehead atoms. The van der Waals surface area contributed by atoms with Crippen molar-refractivity contribution in [2.75, 3.05) is 50.8 Å². The monoisotopic (exact) mass is 319 g/mol. The van der Waals surface area contributed by atoms with E-state index in [1.54, 1.807) is 6.07 Å². The van der Waals surface area contributed by atoms with Gasteiger partial charge in [0.25, 0.3) is 5.69 Å². The van der Waals surface area contributed by atoms with Crippen molar-refractivity contribution in [2.24, 2.45) is 5.92 Å². The van der Waals surface area contributed by atoms with E-state index in [1.165, 1.54) is 12.8 Å². The molecule has 1 atom stereocenters. The number of piperidine rings is 1. The molecular weight excluding hydrogens is 294 g/mol. The first kappa shape index (κ1) is 16.2. The summed E-state index contributed by atoms with van der Waals surface area (Å²) in [6.45, 7) is 8.78. The average Bonchev–Trinajstić information content (AvgIpc) is 2.55. The zero-order valence-electron chi connectivity index (χ0n) is 13.7. The molecule has 1 aromatic carbocycles. The van der Waals surface area contributed by atoms with Gasteiger partial charge in [-0.15, -0.1) is 0 Å². The maximum Gasteiger partial charge on any atom is 0.272 e. The number of hydrogen-bond acceptors (Lipinski definition) is 5. The molecule has 0 radical (unpaired) electrons. The Morgan fingerprint density at radius 1 is 1.30 bits per heavy atom. The highest BCUT2D eigenvalue weighted by Crippen LogP contribution is 2.28. The van der Waals surface area contributed by atoms with Crippen molar-refractivity contribution in [1.82, 2.24) is 4.90 Å². The number of ether oxygens (including phenoxy) is 1. The normalized spacial score (nSPS) is 23.0. The third kappa shape index (κ3) is 4.00. The van der Waals surface area contributed by atoms with E-state index < -0.39 is 0 Å². The molecule has 2 aliphatic heterocycles. The van der Waals surface area contributed by atoms with E-state index >= 15 is 0 Å². The Hall–Kier alpha value is -1.66. The lowest BCUT2D eigenvalue weighted by Gasteiger charge is -2.38. The van der Waals surface area contributed by atoms with E-state index in [0.29, 0.717) is 5.92 Å². The molecule has 0 unspecified atom stereocenters. The predicted octanol–water partition coefficient (Wildman–Crippen LogP) is 2.45. The summed E-state index contributed by atoms with van der Waals surface area (Å²) in [5.41, 5.74) is 2.05. The lowest BCUT2D eigenvalue weighted by atomic mass is 9.96. The Bertz CT molecular complexity index is 558. The summed E-state index contributed by atoms with van der Waals surface area (Å²) in [6.07, 6.45) is 2.45. The average molecular weight is 319 g/mol. The fourth-order valence-electron chi connectivity index (χ4n) is 3.64. The quantitative estimate of drug-likeness (QED) is 0.630. The highest BCUT2D eigenvalue weighted by atomic mass is 16.6. The Morgan fingerprint density at radius 3 is 2.78 bits per heavy atom. The highest BCUT2D eigenvalue weighted by Gasteiger charge is 2.24. The first-order chi connectivity index (χ1) is 11.1. The minimum absolute atomic E-state index is 0.204. The first-order valence-electron chi connectivity index (χ1n) is 8.43. The predicted molar refractivity (Wildman–Crippen MR) is 90.0 cm³/mol. The molecule has 0 N–H and O–H groups in total. The van der Waals surface area contributed by atoms with Gasteiger partial charge in [-0.25, -0.2) is 0 Å². The third-order valence-corrected chi connectivity index (χ3v) is 4.88. The van der Waals surface area contributed by atoms with Crippen LogP contribution < -0.4 is 4.90 Å². The van der Waals surface area contributed by atoms with Gasteiger partial charge >= 0.3 is 0 Å². The van der Waals surface area contributed by atoms with Gasteiger partial charge in [0.05, 0.1) is 18.1 Å². The molecule has 1 aromatic rings. The Balaban J connectivity index is 1.63. The summed E-state index contributed by atoms with van der Waals surface area (Å²) in [5, 5.41) is 11.0. The zero-order valence-corrected chi connectivity index (χ0v) is 13.7. The number of hydrogen-bond donors (Lipinski definition) is 0. The largest absolute Gasteiger partial charge is 0.379 e. The van der Waals surface area contributed by atoms with Gasteiger partial charge < -0.3 is 9.64 Å². The van der Waals surface area contributed by atoms with Crippen LogP contribution in [0.4, 0.5) is 11.4 Å². The van der Waals surface area contributed by atoms with Crippen LogP contribution in [0, 0.1) is 23.0 Å². The van der Waals surface area contributed by atoms with Gasteiger partial charge in [0.2, 0.25) is 0 Å². The molecule has 6 nitrogen and oxygen atoms in total. The van der Waals surface area contributed by atoms with Crippen LogP contribution in [0.1, 0.15) is 18.4 Å². The summed E-state index contributed by atoms with van der Waals surface area (Å²) in [4.78, 5) is 15.5. The molecule has 0 saturated carbocycles. The molecule has 0 amide bonds. The first-order valence-corrected chi connectivity index (χ1v) is 8.43. The van der Waals surface area contributed by atoms with Gasteiger partial charge in [-0.2, -0.15) is 0 Å². The Kier molecular flexibility index (Phi) is 5.13. The van der Waals surface area contributed by atoms with Crippen molar-refractivity contribution in [3.05, 3.63) is 33.9 Å². The van der Waals surface area contributed by atoms with E-state index in [-0.39, 0.29) is 10.6 Å². The number of benzene rings is 1. The van der Waals surface area contributed by atoms with Gasteiger partial charge in [0.1, 0.15) is 0 Å². The third-order valence-electron chi connectivity index (χ3n) is 4.88. The SMILES string of the molecule is Cc1cc(N2CCC[C@@H](CN3CCOCC3)C2)ccc1[N+](=O)[O-]. The van der Waals surface area contributed by atoms with E-state index in [2.05, 4.69) is 9.80 Å². The fourth-order valence-corrected chi connectivity index (χ4v) is 3.64.